The first-order valence-corrected chi connectivity index (χ1v) is 33.6. The molecule has 2 saturated heterocycles. The fraction of sp³-hybridized carbons (Fsp3) is 0.586. The molecule has 4 spiro atoms. The van der Waals surface area contributed by atoms with E-state index >= 15 is 8.78 Å². The Bertz CT molecular complexity index is 3420. The Morgan fingerprint density at radius 3 is 1.44 bits per heavy atom. The lowest BCUT2D eigenvalue weighted by molar-refractivity contribution is -0.159. The van der Waals surface area contributed by atoms with Crippen LogP contribution in [0, 0.1) is 22.5 Å². The Hall–Kier alpha value is -4.87. The van der Waals surface area contributed by atoms with Crippen LogP contribution in [0.1, 0.15) is 204 Å². The number of carbonyl (C=O) groups is 5. The number of rotatable bonds is 8. The van der Waals surface area contributed by atoms with E-state index in [2.05, 4.69) is 34.7 Å². The minimum absolute atomic E-state index is 0. The van der Waals surface area contributed by atoms with Gasteiger partial charge in [-0.2, -0.15) is 0 Å². The first kappa shape index (κ1) is 65.6. The van der Waals surface area contributed by atoms with Crippen molar-refractivity contribution >= 4 is 87.4 Å². The highest BCUT2D eigenvalue weighted by Crippen LogP contribution is 2.69. The van der Waals surface area contributed by atoms with Crippen molar-refractivity contribution in [2.45, 2.75) is 226 Å². The molecule has 12 aliphatic rings. The summed E-state index contributed by atoms with van der Waals surface area (Å²) in [5.74, 6) is -4.62. The van der Waals surface area contributed by atoms with Crippen LogP contribution in [0.5, 0.6) is 0 Å². The number of likely N-dealkylation sites (tertiary alicyclic amines) is 2. The number of carboxylic acids is 1. The fourth-order valence-corrected chi connectivity index (χ4v) is 20.4. The van der Waals surface area contributed by atoms with E-state index in [9.17, 15) is 29.1 Å². The van der Waals surface area contributed by atoms with Crippen molar-refractivity contribution in [3.8, 4) is 0 Å². The number of amides is 3. The van der Waals surface area contributed by atoms with Crippen molar-refractivity contribution in [3.63, 3.8) is 0 Å². The molecule has 16 rings (SSSR count). The lowest BCUT2D eigenvalue weighted by Crippen LogP contribution is -2.62. The first-order chi connectivity index (χ1) is 42.0. The zero-order valence-electron chi connectivity index (χ0n) is 50.8. The van der Waals surface area contributed by atoms with E-state index in [-0.39, 0.29) is 63.2 Å². The number of halogens is 6. The molecule has 4 heterocycles. The largest absolute Gasteiger partial charge is 0.480 e. The number of hydrogen-bond donors (Lipinski definition) is 5. The molecule has 8 aliphatic carbocycles. The Labute approximate surface area is 542 Å². The number of esters is 1. The average molecular weight is 1300 g/mol. The number of fused-ring (bicyclic) bond motifs is 12. The Morgan fingerprint density at radius 1 is 0.618 bits per heavy atom. The van der Waals surface area contributed by atoms with Gasteiger partial charge in [0, 0.05) is 55.4 Å². The van der Waals surface area contributed by atoms with Crippen molar-refractivity contribution < 1.29 is 42.6 Å². The van der Waals surface area contributed by atoms with Gasteiger partial charge in [-0.05, 0) is 180 Å². The lowest BCUT2D eigenvalue weighted by atomic mass is 9.55. The van der Waals surface area contributed by atoms with Crippen molar-refractivity contribution in [3.05, 3.63) is 127 Å². The van der Waals surface area contributed by atoms with Gasteiger partial charge in [-0.1, -0.05) is 150 Å². The monoisotopic (exact) mass is 1300 g/mol. The number of nitrogens with zero attached hydrogens (tertiary/aromatic N) is 2. The lowest BCUT2D eigenvalue weighted by Gasteiger charge is -2.53. The Kier molecular flexibility index (Phi) is 17.9. The molecule has 0 radical (unpaired) electrons. The highest BCUT2D eigenvalue weighted by molar-refractivity contribution is 6.32. The van der Waals surface area contributed by atoms with Crippen LogP contribution in [0.15, 0.2) is 72.8 Å². The third kappa shape index (κ3) is 9.98. The van der Waals surface area contributed by atoms with Crippen molar-refractivity contribution in [1.29, 1.82) is 0 Å². The smallest absolute Gasteiger partial charge is 0.321 e. The highest BCUT2D eigenvalue weighted by Gasteiger charge is 2.77. The van der Waals surface area contributed by atoms with Gasteiger partial charge >= 0.3 is 11.9 Å². The van der Waals surface area contributed by atoms with E-state index in [4.69, 9.17) is 56.9 Å². The number of anilines is 2. The third-order valence-corrected chi connectivity index (χ3v) is 25.0. The molecule has 6 atom stereocenters. The number of carbonyl (C=O) groups excluding carboxylic acids is 4. The number of hydrogen-bond acceptors (Lipinski definition) is 9. The number of carboxylic acid groups (broad SMARTS) is 1. The summed E-state index contributed by atoms with van der Waals surface area (Å²) >= 11 is 25.3. The van der Waals surface area contributed by atoms with Gasteiger partial charge in [-0.3, -0.25) is 33.8 Å². The highest BCUT2D eigenvalue weighted by atomic mass is 35.5. The summed E-state index contributed by atoms with van der Waals surface area (Å²) in [6.07, 6.45) is 20.4. The molecular formula is C70H86Cl4F2N6O7. The SMILES string of the molecule is C.CCN1[C@@H](C(=O)NC23CCC(C)(CC2)CC3)[C@H](c2cccc(Cl)c2F)[C@]2(C(=O)Nc3cc(Cl)ccc32)C12CCCCC2.CCN1[C@@H](C(=O)O)[C@H](c2cccc(Cl)c2F)[C@]2(C(=O)Nc3cc(Cl)ccc32)C12CCCCC2.COC(=O)C12CCC(N)(CC1)CC2. The molecule has 3 amide bonds. The zero-order chi connectivity index (χ0) is 62.6. The van der Waals surface area contributed by atoms with E-state index in [1.807, 2.05) is 24.0 Å². The summed E-state index contributed by atoms with van der Waals surface area (Å²) in [7, 11) is 1.48. The number of benzene rings is 4. The van der Waals surface area contributed by atoms with E-state index in [0.29, 0.717) is 63.9 Å². The second-order valence-corrected chi connectivity index (χ2v) is 29.5. The minimum atomic E-state index is -1.29. The third-order valence-electron chi connectivity index (χ3n) is 24.0. The zero-order valence-corrected chi connectivity index (χ0v) is 53.9. The van der Waals surface area contributed by atoms with Gasteiger partial charge in [0.05, 0.1) is 28.6 Å². The first-order valence-electron chi connectivity index (χ1n) is 32.1. The average Bonchev–Trinajstić information content (AvgIpc) is 1.51. The number of ether oxygens (including phenoxy) is 1. The minimum Gasteiger partial charge on any atom is -0.480 e. The van der Waals surface area contributed by atoms with Crippen LogP contribution in [0.25, 0.3) is 0 Å². The molecule has 480 valence electrons. The summed E-state index contributed by atoms with van der Waals surface area (Å²) in [6.45, 7) is 7.34. The van der Waals surface area contributed by atoms with Gasteiger partial charge in [-0.15, -0.1) is 0 Å². The van der Waals surface area contributed by atoms with Crippen LogP contribution in [0.3, 0.4) is 0 Å². The van der Waals surface area contributed by atoms with Gasteiger partial charge in [0.15, 0.2) is 0 Å². The quantitative estimate of drug-likeness (QED) is 0.106. The molecule has 4 aliphatic heterocycles. The number of nitrogens with two attached hydrogens (primary N) is 1. The molecule has 0 aromatic heterocycles. The van der Waals surface area contributed by atoms with E-state index in [1.54, 1.807) is 48.5 Å². The molecule has 4 aromatic rings. The normalized spacial score (nSPS) is 33.3. The van der Waals surface area contributed by atoms with Gasteiger partial charge < -0.3 is 31.5 Å². The molecule has 0 unspecified atom stereocenters. The summed E-state index contributed by atoms with van der Waals surface area (Å²) < 4.78 is 36.7. The Balaban J connectivity index is 0.000000154. The van der Waals surface area contributed by atoms with Crippen molar-refractivity contribution in [2.24, 2.45) is 16.6 Å². The maximum absolute atomic E-state index is 16.3. The van der Waals surface area contributed by atoms with Gasteiger partial charge in [-0.25, -0.2) is 8.78 Å². The number of methoxy groups -OCH3 is 1. The molecular weight excluding hydrogens is 1220 g/mol. The number of aliphatic carboxylic acids is 1. The maximum Gasteiger partial charge on any atom is 0.321 e. The van der Waals surface area contributed by atoms with Crippen LogP contribution in [0.4, 0.5) is 20.2 Å². The van der Waals surface area contributed by atoms with Crippen LogP contribution in [-0.4, -0.2) is 99.0 Å². The summed E-state index contributed by atoms with van der Waals surface area (Å²) in [4.78, 5) is 72.4. The molecule has 8 saturated carbocycles. The van der Waals surface area contributed by atoms with Gasteiger partial charge in [0.1, 0.15) is 28.5 Å². The molecule has 10 fully saturated rings. The topological polar surface area (TPSA) is 183 Å². The molecule has 4 aromatic carbocycles. The van der Waals surface area contributed by atoms with E-state index < -0.39 is 63.4 Å². The van der Waals surface area contributed by atoms with E-state index in [0.717, 1.165) is 134 Å². The molecule has 13 nitrogen and oxygen atoms in total. The number of nitrogens with one attached hydrogen (secondary N) is 3. The summed E-state index contributed by atoms with van der Waals surface area (Å²) in [5, 5.41) is 21.1. The second kappa shape index (κ2) is 24.2. The summed E-state index contributed by atoms with van der Waals surface area (Å²) in [6, 6.07) is 18.5. The summed E-state index contributed by atoms with van der Waals surface area (Å²) in [5.41, 5.74) is 5.41. The Morgan fingerprint density at radius 2 is 1.03 bits per heavy atom. The predicted octanol–water partition coefficient (Wildman–Crippen LogP) is 15.2. The standard InChI is InChI=1S/C34H40Cl2FN3O2.C25H25Cl2FN2O3.C10H17NO2.CH4/c1-3-40-28(29(41)39-32-17-14-31(2,15-18-32)16-19-32)26(22-8-7-9-24(36)27(22)37)34(33(40)12-5-4-6-13-33)23-11-10-21(35)20-25(23)38-30(34)42;1-2-30-21(22(31)32)19(15-7-6-8-17(27)20(15)28)25(24(30)11-4-3-5-12-24)16-10-9-14(26)13-18(16)29-23(25)33;1-13-8(12)9-2-5-10(11,6-3-9)7-4-9;/h7-11,20,26,28H,3-6,12-19H2,1-2H3,(H,38,42)(H,39,41);6-10,13,19,21H,2-5,11-12H2,1H3,(H,29,33)(H,31,32);2-7,11H2,1H3;1H4/t26-,28+,31?,32?,34+;19-,21+,25+;;/m00../s1. The van der Waals surface area contributed by atoms with E-state index in [1.165, 1.54) is 19.2 Å². The number of likely N-dealkylation sites (N-methyl/N-ethyl adjacent to an activating group) is 2. The van der Waals surface area contributed by atoms with Gasteiger partial charge in [0.2, 0.25) is 17.7 Å². The fourth-order valence-electron chi connectivity index (χ4n) is 19.7. The van der Waals surface area contributed by atoms with Crippen molar-refractivity contribution in [1.82, 2.24) is 15.1 Å². The molecule has 19 heteroatoms. The van der Waals surface area contributed by atoms with Crippen molar-refractivity contribution in [2.75, 3.05) is 30.8 Å². The van der Waals surface area contributed by atoms with Gasteiger partial charge in [0.25, 0.3) is 0 Å². The maximum atomic E-state index is 16.3. The molecule has 6 N–H and O–H groups in total. The predicted molar refractivity (Wildman–Crippen MR) is 346 cm³/mol. The van der Waals surface area contributed by atoms with Crippen LogP contribution in [0.2, 0.25) is 20.1 Å². The second-order valence-electron chi connectivity index (χ2n) is 27.8. The van der Waals surface area contributed by atoms with Crippen LogP contribution >= 0.6 is 46.4 Å². The molecule has 4 bridgehead atoms. The van der Waals surface area contributed by atoms with Crippen LogP contribution < -0.4 is 21.7 Å². The molecule has 89 heavy (non-hydrogen) atoms. The van der Waals surface area contributed by atoms with Crippen LogP contribution in [-0.2, 0) is 39.5 Å².